The maximum absolute atomic E-state index is 12.5. The van der Waals surface area contributed by atoms with Gasteiger partial charge in [0.2, 0.25) is 5.91 Å². The third kappa shape index (κ3) is 5.36. The summed E-state index contributed by atoms with van der Waals surface area (Å²) in [6, 6.07) is 12.4. The fourth-order valence-electron chi connectivity index (χ4n) is 4.41. The molecule has 0 saturated carbocycles. The Morgan fingerprint density at radius 1 is 0.967 bits per heavy atom. The number of anilines is 1. The lowest BCUT2D eigenvalue weighted by Gasteiger charge is -2.32. The van der Waals surface area contributed by atoms with Crippen LogP contribution in [0.4, 0.5) is 5.82 Å². The smallest absolute Gasteiger partial charge is 0.223 e. The molecule has 0 aliphatic carbocycles. The minimum absolute atomic E-state index is 0.113. The molecule has 2 saturated heterocycles. The van der Waals surface area contributed by atoms with Crippen LogP contribution in [0.2, 0.25) is 0 Å². The Kier molecular flexibility index (Phi) is 6.95. The first-order chi connectivity index (χ1) is 14.7. The highest BCUT2D eigenvalue weighted by atomic mass is 16.1. The van der Waals surface area contributed by atoms with Crippen molar-refractivity contribution >= 4 is 11.7 Å². The number of piperidine rings is 2. The fourth-order valence-corrected chi connectivity index (χ4v) is 4.41. The van der Waals surface area contributed by atoms with Crippen molar-refractivity contribution in [3.63, 3.8) is 0 Å². The van der Waals surface area contributed by atoms with E-state index in [0.29, 0.717) is 0 Å². The SMILES string of the molecule is Cc1ccc(-c2ccc(N3CCC(C(=O)NCCN4CCCCC4)CC3)nn2)cc1. The van der Waals surface area contributed by atoms with Crippen molar-refractivity contribution in [3.8, 4) is 11.3 Å². The van der Waals surface area contributed by atoms with Crippen LogP contribution in [-0.2, 0) is 4.79 Å². The zero-order valence-electron chi connectivity index (χ0n) is 18.0. The van der Waals surface area contributed by atoms with E-state index in [1.54, 1.807) is 0 Å². The molecule has 0 unspecified atom stereocenters. The summed E-state index contributed by atoms with van der Waals surface area (Å²) in [5.74, 6) is 1.23. The summed E-state index contributed by atoms with van der Waals surface area (Å²) in [6.45, 7) is 7.89. The number of carbonyl (C=O) groups excluding carboxylic acids is 1. The number of carbonyl (C=O) groups is 1. The van der Waals surface area contributed by atoms with Crippen LogP contribution in [0.25, 0.3) is 11.3 Å². The average molecular weight is 408 g/mol. The van der Waals surface area contributed by atoms with Crippen LogP contribution in [0.5, 0.6) is 0 Å². The van der Waals surface area contributed by atoms with Gasteiger partial charge >= 0.3 is 0 Å². The standard InChI is InChI=1S/C24H33N5O/c1-19-5-7-20(8-6-19)22-9-10-23(27-26-22)29-16-11-21(12-17-29)24(30)25-13-18-28-14-3-2-4-15-28/h5-10,21H,2-4,11-18H2,1H3,(H,25,30). The van der Waals surface area contributed by atoms with E-state index in [1.165, 1.54) is 37.9 Å². The van der Waals surface area contributed by atoms with Crippen molar-refractivity contribution in [2.75, 3.05) is 44.2 Å². The second-order valence-electron chi connectivity index (χ2n) is 8.60. The van der Waals surface area contributed by atoms with E-state index in [1.807, 2.05) is 12.1 Å². The van der Waals surface area contributed by atoms with Gasteiger partial charge in [-0.05, 0) is 57.8 Å². The summed E-state index contributed by atoms with van der Waals surface area (Å²) in [6.07, 6.45) is 5.68. The molecule has 160 valence electrons. The molecule has 4 rings (SSSR count). The van der Waals surface area contributed by atoms with Gasteiger partial charge in [0.1, 0.15) is 0 Å². The Balaban J connectivity index is 1.22. The molecule has 1 amide bonds. The number of hydrogen-bond acceptors (Lipinski definition) is 5. The average Bonchev–Trinajstić information content (AvgIpc) is 2.80. The Morgan fingerprint density at radius 3 is 2.37 bits per heavy atom. The molecule has 0 bridgehead atoms. The van der Waals surface area contributed by atoms with Gasteiger partial charge in [-0.2, -0.15) is 0 Å². The molecule has 2 aliphatic heterocycles. The number of rotatable bonds is 6. The highest BCUT2D eigenvalue weighted by Gasteiger charge is 2.25. The van der Waals surface area contributed by atoms with Gasteiger partial charge in [-0.1, -0.05) is 36.2 Å². The van der Waals surface area contributed by atoms with Gasteiger partial charge in [-0.25, -0.2) is 0 Å². The monoisotopic (exact) mass is 407 g/mol. The van der Waals surface area contributed by atoms with Crippen LogP contribution < -0.4 is 10.2 Å². The third-order valence-corrected chi connectivity index (χ3v) is 6.36. The Morgan fingerprint density at radius 2 is 1.70 bits per heavy atom. The molecule has 0 atom stereocenters. The van der Waals surface area contributed by atoms with Crippen molar-refractivity contribution in [2.24, 2.45) is 5.92 Å². The quantitative estimate of drug-likeness (QED) is 0.796. The van der Waals surface area contributed by atoms with Crippen LogP contribution in [0.15, 0.2) is 36.4 Å². The predicted molar refractivity (Wildman–Crippen MR) is 120 cm³/mol. The molecule has 2 aliphatic rings. The minimum atomic E-state index is 0.113. The number of aromatic nitrogens is 2. The molecule has 1 aromatic heterocycles. The van der Waals surface area contributed by atoms with Gasteiger partial charge in [0.15, 0.2) is 5.82 Å². The summed E-state index contributed by atoms with van der Waals surface area (Å²) in [7, 11) is 0. The fraction of sp³-hybridized carbons (Fsp3) is 0.542. The normalized spacial score (nSPS) is 18.4. The lowest BCUT2D eigenvalue weighted by Crippen LogP contribution is -2.43. The highest BCUT2D eigenvalue weighted by molar-refractivity contribution is 5.79. The van der Waals surface area contributed by atoms with E-state index in [4.69, 9.17) is 0 Å². The van der Waals surface area contributed by atoms with Gasteiger partial charge in [0.25, 0.3) is 0 Å². The molecule has 6 heteroatoms. The maximum Gasteiger partial charge on any atom is 0.223 e. The molecular formula is C24H33N5O. The molecule has 1 aromatic carbocycles. The zero-order valence-corrected chi connectivity index (χ0v) is 18.0. The van der Waals surface area contributed by atoms with E-state index in [0.717, 1.165) is 56.1 Å². The number of nitrogens with one attached hydrogen (secondary N) is 1. The summed E-state index contributed by atoms with van der Waals surface area (Å²) < 4.78 is 0. The van der Waals surface area contributed by atoms with Crippen LogP contribution in [-0.4, -0.2) is 60.3 Å². The second kappa shape index (κ2) is 10.0. The Hall–Kier alpha value is -2.47. The van der Waals surface area contributed by atoms with E-state index >= 15 is 0 Å². The van der Waals surface area contributed by atoms with Crippen molar-refractivity contribution in [1.82, 2.24) is 20.4 Å². The summed E-state index contributed by atoms with van der Waals surface area (Å²) in [5, 5.41) is 12.0. The van der Waals surface area contributed by atoms with Gasteiger partial charge in [-0.3, -0.25) is 4.79 Å². The number of amides is 1. The maximum atomic E-state index is 12.5. The van der Waals surface area contributed by atoms with E-state index in [9.17, 15) is 4.79 Å². The van der Waals surface area contributed by atoms with Crippen molar-refractivity contribution in [2.45, 2.75) is 39.0 Å². The van der Waals surface area contributed by atoms with E-state index in [-0.39, 0.29) is 11.8 Å². The second-order valence-corrected chi connectivity index (χ2v) is 8.60. The van der Waals surface area contributed by atoms with Crippen molar-refractivity contribution < 1.29 is 4.79 Å². The first kappa shape index (κ1) is 20.8. The number of nitrogens with zero attached hydrogens (tertiary/aromatic N) is 4. The van der Waals surface area contributed by atoms with Crippen LogP contribution in [0.1, 0.15) is 37.7 Å². The van der Waals surface area contributed by atoms with Crippen LogP contribution >= 0.6 is 0 Å². The summed E-state index contributed by atoms with van der Waals surface area (Å²) >= 11 is 0. The molecule has 1 N–H and O–H groups in total. The number of likely N-dealkylation sites (tertiary alicyclic amines) is 1. The molecule has 2 fully saturated rings. The molecule has 3 heterocycles. The lowest BCUT2D eigenvalue weighted by atomic mass is 9.96. The third-order valence-electron chi connectivity index (χ3n) is 6.36. The predicted octanol–water partition coefficient (Wildman–Crippen LogP) is 3.27. The van der Waals surface area contributed by atoms with Gasteiger partial charge in [-0.15, -0.1) is 10.2 Å². The molecular weight excluding hydrogens is 374 g/mol. The van der Waals surface area contributed by atoms with Gasteiger partial charge in [0.05, 0.1) is 5.69 Å². The molecule has 6 nitrogen and oxygen atoms in total. The topological polar surface area (TPSA) is 61.4 Å². The lowest BCUT2D eigenvalue weighted by molar-refractivity contribution is -0.125. The highest BCUT2D eigenvalue weighted by Crippen LogP contribution is 2.23. The van der Waals surface area contributed by atoms with Crippen molar-refractivity contribution in [3.05, 3.63) is 42.0 Å². The molecule has 0 spiro atoms. The zero-order chi connectivity index (χ0) is 20.8. The number of hydrogen-bond donors (Lipinski definition) is 1. The Labute approximate surface area is 179 Å². The van der Waals surface area contributed by atoms with E-state index in [2.05, 4.69) is 56.5 Å². The van der Waals surface area contributed by atoms with Gasteiger partial charge < -0.3 is 15.1 Å². The first-order valence-electron chi connectivity index (χ1n) is 11.3. The van der Waals surface area contributed by atoms with Crippen LogP contribution in [0.3, 0.4) is 0 Å². The van der Waals surface area contributed by atoms with Crippen LogP contribution in [0, 0.1) is 12.8 Å². The number of aryl methyl sites for hydroxylation is 1. The van der Waals surface area contributed by atoms with E-state index < -0.39 is 0 Å². The molecule has 0 radical (unpaired) electrons. The molecule has 2 aromatic rings. The largest absolute Gasteiger partial charge is 0.355 e. The number of benzene rings is 1. The van der Waals surface area contributed by atoms with Crippen molar-refractivity contribution in [1.29, 1.82) is 0 Å². The first-order valence-corrected chi connectivity index (χ1v) is 11.3. The minimum Gasteiger partial charge on any atom is -0.355 e. The Bertz CT molecular complexity index is 806. The molecule has 30 heavy (non-hydrogen) atoms. The summed E-state index contributed by atoms with van der Waals surface area (Å²) in [4.78, 5) is 17.2. The van der Waals surface area contributed by atoms with Gasteiger partial charge in [0, 0.05) is 37.7 Å². The summed E-state index contributed by atoms with van der Waals surface area (Å²) in [5.41, 5.74) is 3.21.